The minimum Gasteiger partial charge on any atom is -0.378 e. The zero-order valence-corrected chi connectivity index (χ0v) is 18.9. The Hall–Kier alpha value is -1.75. The van der Waals surface area contributed by atoms with E-state index in [0.29, 0.717) is 18.1 Å². The predicted octanol–water partition coefficient (Wildman–Crippen LogP) is 5.55. The second kappa shape index (κ2) is 11.2. The molecule has 0 aliphatic rings. The molecule has 0 spiro atoms. The number of nitrogens with zero attached hydrogens (tertiary/aromatic N) is 2. The Morgan fingerprint density at radius 2 is 1.81 bits per heavy atom. The Balaban J connectivity index is 1.46. The van der Waals surface area contributed by atoms with Gasteiger partial charge in [0.2, 0.25) is 0 Å². The summed E-state index contributed by atoms with van der Waals surface area (Å²) >= 11 is 3.27. The Kier molecular flexibility index (Phi) is 8.65. The minimum absolute atomic E-state index is 0.0688. The molecule has 0 radical (unpaired) electrons. The van der Waals surface area contributed by atoms with Crippen molar-refractivity contribution in [3.8, 4) is 0 Å². The molecule has 3 aromatic rings. The lowest BCUT2D eigenvalue weighted by Crippen LogP contribution is -2.19. The molecule has 1 N–H and O–H groups in total. The largest absolute Gasteiger partial charge is 0.411 e. The number of aromatic nitrogens is 3. The van der Waals surface area contributed by atoms with Gasteiger partial charge in [-0.15, -0.1) is 11.8 Å². The molecule has 0 fully saturated rings. The number of para-hydroxylation sites is 2. The number of halogens is 3. The van der Waals surface area contributed by atoms with Gasteiger partial charge in [0.1, 0.15) is 6.61 Å². The van der Waals surface area contributed by atoms with Gasteiger partial charge in [-0.3, -0.25) is 4.98 Å². The van der Waals surface area contributed by atoms with Gasteiger partial charge in [-0.25, -0.2) is 4.98 Å². The van der Waals surface area contributed by atoms with Gasteiger partial charge in [-0.1, -0.05) is 23.9 Å². The van der Waals surface area contributed by atoms with Gasteiger partial charge >= 0.3 is 6.18 Å². The molecule has 0 atom stereocenters. The van der Waals surface area contributed by atoms with Crippen molar-refractivity contribution < 1.29 is 22.6 Å². The second-order valence-electron chi connectivity index (χ2n) is 6.82. The van der Waals surface area contributed by atoms with E-state index in [1.54, 1.807) is 23.5 Å². The molecule has 3 rings (SSSR count). The van der Waals surface area contributed by atoms with E-state index < -0.39 is 12.8 Å². The third-order valence-electron chi connectivity index (χ3n) is 4.37. The lowest BCUT2D eigenvalue weighted by molar-refractivity contribution is -0.176. The SMILES string of the molecule is Cc1cnc(CSc2nc3ccccc3[nH]2)c(C)c1SCCOCCOCC(F)(F)F. The summed E-state index contributed by atoms with van der Waals surface area (Å²) in [6.45, 7) is 3.34. The zero-order valence-electron chi connectivity index (χ0n) is 17.3. The number of rotatable bonds is 11. The van der Waals surface area contributed by atoms with Crippen LogP contribution < -0.4 is 0 Å². The molecule has 5 nitrogen and oxygen atoms in total. The zero-order chi connectivity index (χ0) is 22.3. The summed E-state index contributed by atoms with van der Waals surface area (Å²) in [5.41, 5.74) is 5.17. The van der Waals surface area contributed by atoms with E-state index in [4.69, 9.17) is 4.74 Å². The highest BCUT2D eigenvalue weighted by atomic mass is 32.2. The van der Waals surface area contributed by atoms with Crippen LogP contribution in [0.5, 0.6) is 0 Å². The monoisotopic (exact) mass is 471 g/mol. The third-order valence-corrected chi connectivity index (χ3v) is 6.54. The van der Waals surface area contributed by atoms with Crippen LogP contribution >= 0.6 is 23.5 Å². The van der Waals surface area contributed by atoms with Crippen molar-refractivity contribution in [2.45, 2.75) is 35.8 Å². The fourth-order valence-corrected chi connectivity index (χ4v) is 4.80. The van der Waals surface area contributed by atoms with Gasteiger partial charge in [0.15, 0.2) is 5.16 Å². The molecule has 31 heavy (non-hydrogen) atoms. The molecule has 0 unspecified atom stereocenters. The number of thioether (sulfide) groups is 2. The van der Waals surface area contributed by atoms with Crippen molar-refractivity contribution in [1.29, 1.82) is 0 Å². The van der Waals surface area contributed by atoms with Gasteiger partial charge in [0.25, 0.3) is 0 Å². The number of fused-ring (bicyclic) bond motifs is 1. The van der Waals surface area contributed by atoms with E-state index in [2.05, 4.69) is 26.6 Å². The van der Waals surface area contributed by atoms with Crippen molar-refractivity contribution in [3.05, 3.63) is 47.3 Å². The fourth-order valence-electron chi connectivity index (χ4n) is 2.87. The Bertz CT molecular complexity index is 963. The molecule has 0 saturated heterocycles. The van der Waals surface area contributed by atoms with Crippen LogP contribution in [0.2, 0.25) is 0 Å². The van der Waals surface area contributed by atoms with Crippen LogP contribution in [0.15, 0.2) is 40.5 Å². The van der Waals surface area contributed by atoms with E-state index >= 15 is 0 Å². The van der Waals surface area contributed by atoms with E-state index in [-0.39, 0.29) is 13.2 Å². The first-order valence-electron chi connectivity index (χ1n) is 9.71. The van der Waals surface area contributed by atoms with Gasteiger partial charge in [-0.2, -0.15) is 13.2 Å². The molecule has 0 saturated carbocycles. The van der Waals surface area contributed by atoms with Crippen LogP contribution in [0.3, 0.4) is 0 Å². The molecule has 2 heterocycles. The van der Waals surface area contributed by atoms with E-state index in [1.807, 2.05) is 37.4 Å². The number of nitrogens with one attached hydrogen (secondary N) is 1. The van der Waals surface area contributed by atoms with Crippen LogP contribution in [-0.2, 0) is 15.2 Å². The number of hydrogen-bond donors (Lipinski definition) is 1. The molecule has 1 aromatic carbocycles. The number of benzene rings is 1. The molecule has 0 aliphatic heterocycles. The standard InChI is InChI=1S/C21H24F3N3O2S2/c1-14-11-25-18(12-31-20-26-16-5-3-4-6-17(16)27-20)15(2)19(14)30-10-9-28-7-8-29-13-21(22,23)24/h3-6,11H,7-10,12-13H2,1-2H3,(H,26,27). The maximum Gasteiger partial charge on any atom is 0.411 e. The molecular weight excluding hydrogens is 447 g/mol. The number of imidazole rings is 1. The fraction of sp³-hybridized carbons (Fsp3) is 0.429. The van der Waals surface area contributed by atoms with E-state index in [0.717, 1.165) is 37.9 Å². The summed E-state index contributed by atoms with van der Waals surface area (Å²) < 4.78 is 45.9. The number of alkyl halides is 3. The predicted molar refractivity (Wildman–Crippen MR) is 118 cm³/mol. The molecule has 2 aromatic heterocycles. The number of aromatic amines is 1. The first-order valence-corrected chi connectivity index (χ1v) is 11.7. The van der Waals surface area contributed by atoms with Gasteiger partial charge < -0.3 is 14.5 Å². The van der Waals surface area contributed by atoms with Gasteiger partial charge in [-0.05, 0) is 37.1 Å². The molecule has 0 aliphatic carbocycles. The van der Waals surface area contributed by atoms with Crippen LogP contribution in [0.4, 0.5) is 13.2 Å². The summed E-state index contributed by atoms with van der Waals surface area (Å²) in [7, 11) is 0. The topological polar surface area (TPSA) is 60.0 Å². The van der Waals surface area contributed by atoms with E-state index in [9.17, 15) is 13.2 Å². The Morgan fingerprint density at radius 1 is 1.03 bits per heavy atom. The number of pyridine rings is 1. The third kappa shape index (κ3) is 7.41. The van der Waals surface area contributed by atoms with Crippen molar-refractivity contribution >= 4 is 34.6 Å². The summed E-state index contributed by atoms with van der Waals surface area (Å²) in [6.07, 6.45) is -2.43. The quantitative estimate of drug-likeness (QED) is 0.292. The van der Waals surface area contributed by atoms with Crippen molar-refractivity contribution in [1.82, 2.24) is 15.0 Å². The molecule has 168 valence electrons. The number of ether oxygens (including phenoxy) is 2. The summed E-state index contributed by atoms with van der Waals surface area (Å²) in [6, 6.07) is 7.92. The number of H-pyrrole nitrogens is 1. The minimum atomic E-state index is -4.30. The van der Waals surface area contributed by atoms with Crippen LogP contribution in [-0.4, -0.2) is 53.3 Å². The van der Waals surface area contributed by atoms with Crippen molar-refractivity contribution in [2.75, 3.05) is 32.2 Å². The number of aryl methyl sites for hydroxylation is 1. The maximum absolute atomic E-state index is 12.0. The highest BCUT2D eigenvalue weighted by Crippen LogP contribution is 2.30. The van der Waals surface area contributed by atoms with Crippen LogP contribution in [0.1, 0.15) is 16.8 Å². The van der Waals surface area contributed by atoms with Crippen molar-refractivity contribution in [2.24, 2.45) is 0 Å². The van der Waals surface area contributed by atoms with Gasteiger partial charge in [0, 0.05) is 22.6 Å². The average molecular weight is 472 g/mol. The smallest absolute Gasteiger partial charge is 0.378 e. The molecule has 10 heteroatoms. The normalized spacial score (nSPS) is 12.0. The van der Waals surface area contributed by atoms with E-state index in [1.165, 1.54) is 0 Å². The average Bonchev–Trinajstić information content (AvgIpc) is 3.13. The highest BCUT2D eigenvalue weighted by Gasteiger charge is 2.27. The maximum atomic E-state index is 12.0. The lowest BCUT2D eigenvalue weighted by Gasteiger charge is -2.13. The first kappa shape index (κ1) is 23.9. The summed E-state index contributed by atoms with van der Waals surface area (Å²) in [5, 5.41) is 0.860. The molecule has 0 amide bonds. The van der Waals surface area contributed by atoms with Gasteiger partial charge in [0.05, 0.1) is 36.5 Å². The second-order valence-corrected chi connectivity index (χ2v) is 8.89. The Morgan fingerprint density at radius 3 is 2.58 bits per heavy atom. The Labute approximate surface area is 187 Å². The number of hydrogen-bond acceptors (Lipinski definition) is 6. The molecule has 0 bridgehead atoms. The summed E-state index contributed by atoms with van der Waals surface area (Å²) in [5.74, 6) is 1.40. The first-order chi connectivity index (χ1) is 14.8. The highest BCUT2D eigenvalue weighted by molar-refractivity contribution is 7.99. The summed E-state index contributed by atoms with van der Waals surface area (Å²) in [4.78, 5) is 13.6. The van der Waals surface area contributed by atoms with Crippen LogP contribution in [0, 0.1) is 13.8 Å². The lowest BCUT2D eigenvalue weighted by atomic mass is 10.2. The van der Waals surface area contributed by atoms with Crippen molar-refractivity contribution in [3.63, 3.8) is 0 Å². The molecular formula is C21H24F3N3O2S2. The van der Waals surface area contributed by atoms with Crippen LogP contribution in [0.25, 0.3) is 11.0 Å².